The van der Waals surface area contributed by atoms with Gasteiger partial charge in [-0.2, -0.15) is 0 Å². The van der Waals surface area contributed by atoms with E-state index >= 15 is 0 Å². The fourth-order valence-corrected chi connectivity index (χ4v) is 6.51. The number of epoxide rings is 2. The fraction of sp³-hybridized carbons (Fsp3) is 0.960. The second-order valence-electron chi connectivity index (χ2n) is 11.9. The van der Waals surface area contributed by atoms with E-state index in [-0.39, 0.29) is 54.6 Å². The lowest BCUT2D eigenvalue weighted by Crippen LogP contribution is -2.59. The van der Waals surface area contributed by atoms with Crippen molar-refractivity contribution in [2.75, 3.05) is 46.4 Å². The van der Waals surface area contributed by atoms with E-state index in [0.717, 1.165) is 25.7 Å². The van der Waals surface area contributed by atoms with Gasteiger partial charge in [-0.05, 0) is 57.4 Å². The molecule has 0 N–H and O–H groups in total. The third kappa shape index (κ3) is 4.70. The second kappa shape index (κ2) is 8.82. The topological polar surface area (TPSA) is 67.1 Å². The Hall–Kier alpha value is -1.03. The average Bonchev–Trinajstić information content (AvgIpc) is 3.62. The highest BCUT2D eigenvalue weighted by molar-refractivity contribution is 5.69. The fourth-order valence-electron chi connectivity index (χ4n) is 6.51. The number of hydrogen-bond donors (Lipinski definition) is 0. The molecule has 194 valence electrons. The van der Waals surface area contributed by atoms with Crippen molar-refractivity contribution in [1.82, 2.24) is 9.80 Å². The zero-order valence-corrected chi connectivity index (χ0v) is 20.9. The average molecular weight is 487 g/mol. The Bertz CT molecular complexity index is 764. The first-order valence-electron chi connectivity index (χ1n) is 13.0. The van der Waals surface area contributed by atoms with Crippen LogP contribution in [0.5, 0.6) is 0 Å². The lowest BCUT2D eigenvalue weighted by atomic mass is 9.68. The molecule has 0 aromatic heterocycles. The molecule has 1 amide bonds. The number of alkyl halides is 2. The smallest absolute Gasteiger partial charge is 0.410 e. The summed E-state index contributed by atoms with van der Waals surface area (Å²) in [5.74, 6) is -1.51. The summed E-state index contributed by atoms with van der Waals surface area (Å²) in [4.78, 5) is 16.4. The highest BCUT2D eigenvalue weighted by Gasteiger charge is 2.72. The minimum Gasteiger partial charge on any atom is -0.443 e. The molecule has 5 rings (SSSR count). The zero-order valence-electron chi connectivity index (χ0n) is 20.9. The van der Waals surface area contributed by atoms with Crippen LogP contribution in [0, 0.1) is 17.8 Å². The molecule has 0 aromatic rings. The Kier molecular flexibility index (Phi) is 6.39. The summed E-state index contributed by atoms with van der Waals surface area (Å²) in [6.07, 6.45) is 3.82. The number of rotatable bonds is 9. The monoisotopic (exact) mass is 486 g/mol. The van der Waals surface area contributed by atoms with E-state index in [0.29, 0.717) is 44.5 Å². The van der Waals surface area contributed by atoms with Crippen molar-refractivity contribution in [3.8, 4) is 0 Å². The summed E-state index contributed by atoms with van der Waals surface area (Å²) < 4.78 is 50.1. The SMILES string of the molecule is CO[C@H]1C([C@@]2(C)O[C@@H]2CCC(C)C)[C@]2(CC[C@H]1OC(=O)N1CC(CCN3CC(F)(F)C3)C1)CO2. The van der Waals surface area contributed by atoms with Gasteiger partial charge in [-0.1, -0.05) is 13.8 Å². The van der Waals surface area contributed by atoms with Gasteiger partial charge in [0, 0.05) is 20.2 Å². The van der Waals surface area contributed by atoms with Crippen LogP contribution in [-0.4, -0.2) is 97.8 Å². The van der Waals surface area contributed by atoms with E-state index < -0.39 is 5.92 Å². The number of hydrogen-bond acceptors (Lipinski definition) is 6. The van der Waals surface area contributed by atoms with Crippen molar-refractivity contribution < 1.29 is 32.5 Å². The first-order valence-corrected chi connectivity index (χ1v) is 13.0. The number of ether oxygens (including phenoxy) is 4. The molecule has 9 heteroatoms. The molecule has 0 aromatic carbocycles. The van der Waals surface area contributed by atoms with E-state index in [4.69, 9.17) is 18.9 Å². The van der Waals surface area contributed by atoms with Gasteiger partial charge in [0.15, 0.2) is 0 Å². The van der Waals surface area contributed by atoms with Gasteiger partial charge in [-0.15, -0.1) is 0 Å². The quantitative estimate of drug-likeness (QED) is 0.465. The Morgan fingerprint density at radius 3 is 2.50 bits per heavy atom. The minimum atomic E-state index is -2.52. The second-order valence-corrected chi connectivity index (χ2v) is 11.9. The molecule has 7 nitrogen and oxygen atoms in total. The Morgan fingerprint density at radius 1 is 1.21 bits per heavy atom. The molecule has 34 heavy (non-hydrogen) atoms. The molecular weight excluding hydrogens is 446 g/mol. The predicted octanol–water partition coefficient (Wildman–Crippen LogP) is 3.55. The maximum atomic E-state index is 13.0. The highest BCUT2D eigenvalue weighted by atomic mass is 19.3. The predicted molar refractivity (Wildman–Crippen MR) is 121 cm³/mol. The molecule has 1 spiro atoms. The molecular formula is C25H40F2N2O5. The summed E-state index contributed by atoms with van der Waals surface area (Å²) in [5.41, 5.74) is -0.535. The first kappa shape index (κ1) is 24.7. The van der Waals surface area contributed by atoms with Gasteiger partial charge in [0.2, 0.25) is 0 Å². The van der Waals surface area contributed by atoms with Crippen molar-refractivity contribution in [3.05, 3.63) is 0 Å². The molecule has 1 unspecified atom stereocenters. The summed E-state index contributed by atoms with van der Waals surface area (Å²) in [6.45, 7) is 8.97. The summed E-state index contributed by atoms with van der Waals surface area (Å²) >= 11 is 0. The van der Waals surface area contributed by atoms with Gasteiger partial charge in [0.05, 0.1) is 31.7 Å². The maximum Gasteiger partial charge on any atom is 0.410 e. The maximum absolute atomic E-state index is 13.0. The lowest BCUT2D eigenvalue weighted by Gasteiger charge is -2.45. The van der Waals surface area contributed by atoms with Crippen LogP contribution in [0.3, 0.4) is 0 Å². The van der Waals surface area contributed by atoms with Crippen LogP contribution in [0.15, 0.2) is 0 Å². The van der Waals surface area contributed by atoms with Gasteiger partial charge in [0.25, 0.3) is 5.92 Å². The van der Waals surface area contributed by atoms with E-state index in [1.54, 1.807) is 16.9 Å². The third-order valence-corrected chi connectivity index (χ3v) is 8.73. The van der Waals surface area contributed by atoms with Crippen LogP contribution in [0.1, 0.15) is 52.9 Å². The Balaban J connectivity index is 1.12. The Labute approximate surface area is 201 Å². The molecule has 0 bridgehead atoms. The lowest BCUT2D eigenvalue weighted by molar-refractivity contribution is -0.133. The molecule has 4 aliphatic heterocycles. The van der Waals surface area contributed by atoms with Crippen LogP contribution < -0.4 is 0 Å². The first-order chi connectivity index (χ1) is 16.1. The number of carbonyl (C=O) groups excluding carboxylic acids is 1. The number of nitrogens with zero attached hydrogens (tertiary/aromatic N) is 2. The molecule has 5 aliphatic rings. The highest BCUT2D eigenvalue weighted by Crippen LogP contribution is 2.59. The van der Waals surface area contributed by atoms with Gasteiger partial charge >= 0.3 is 6.09 Å². The van der Waals surface area contributed by atoms with Gasteiger partial charge in [0.1, 0.15) is 23.4 Å². The van der Waals surface area contributed by atoms with Crippen LogP contribution in [0.25, 0.3) is 0 Å². The molecule has 4 heterocycles. The third-order valence-electron chi connectivity index (χ3n) is 8.73. The number of likely N-dealkylation sites (tertiary alicyclic amines) is 2. The minimum absolute atomic E-state index is 0.0347. The van der Waals surface area contributed by atoms with E-state index in [1.807, 2.05) is 0 Å². The van der Waals surface area contributed by atoms with Crippen LogP contribution in [0.4, 0.5) is 13.6 Å². The van der Waals surface area contributed by atoms with Gasteiger partial charge in [-0.25, -0.2) is 13.6 Å². The van der Waals surface area contributed by atoms with Crippen LogP contribution in [0.2, 0.25) is 0 Å². The van der Waals surface area contributed by atoms with E-state index in [2.05, 4.69) is 20.8 Å². The van der Waals surface area contributed by atoms with Gasteiger partial charge in [-0.3, -0.25) is 4.90 Å². The number of halogens is 2. The normalized spacial score (nSPS) is 41.3. The molecule has 1 aliphatic carbocycles. The Morgan fingerprint density at radius 2 is 1.91 bits per heavy atom. The van der Waals surface area contributed by atoms with E-state index in [9.17, 15) is 13.6 Å². The molecule has 4 saturated heterocycles. The standard InChI is InChI=1S/C25H40F2N2O5/c1-16(2)5-6-19-23(3,34-19)21-20(31-4)18(7-9-24(21)15-32-24)33-22(30)29-11-17(12-29)8-10-28-13-25(26,27)14-28/h16-21H,5-15H2,1-4H3/t18-,19-,20-,21?,23+,24+/m1/s1. The number of amides is 1. The van der Waals surface area contributed by atoms with Crippen molar-refractivity contribution in [1.29, 1.82) is 0 Å². The van der Waals surface area contributed by atoms with Crippen molar-refractivity contribution in [3.63, 3.8) is 0 Å². The molecule has 6 atom stereocenters. The zero-order chi connectivity index (χ0) is 24.3. The summed E-state index contributed by atoms with van der Waals surface area (Å²) in [6, 6.07) is 0. The van der Waals surface area contributed by atoms with Crippen LogP contribution >= 0.6 is 0 Å². The molecule has 1 saturated carbocycles. The van der Waals surface area contributed by atoms with Gasteiger partial charge < -0.3 is 23.8 Å². The molecule has 0 radical (unpaired) electrons. The molecule has 5 fully saturated rings. The largest absolute Gasteiger partial charge is 0.443 e. The van der Waals surface area contributed by atoms with Crippen molar-refractivity contribution in [2.24, 2.45) is 17.8 Å². The van der Waals surface area contributed by atoms with Crippen molar-refractivity contribution >= 4 is 6.09 Å². The number of methoxy groups -OCH3 is 1. The van der Waals surface area contributed by atoms with Crippen molar-refractivity contribution in [2.45, 2.75) is 88.3 Å². The summed E-state index contributed by atoms with van der Waals surface area (Å²) in [5, 5.41) is 0. The van der Waals surface area contributed by atoms with E-state index in [1.165, 1.54) is 0 Å². The number of carbonyl (C=O) groups is 1. The van der Waals surface area contributed by atoms with Crippen LogP contribution in [-0.2, 0) is 18.9 Å². The summed E-state index contributed by atoms with van der Waals surface area (Å²) in [7, 11) is 1.69.